The van der Waals surface area contributed by atoms with Crippen molar-refractivity contribution in [2.45, 2.75) is 33.6 Å². The van der Waals surface area contributed by atoms with Crippen LogP contribution in [0.4, 0.5) is 5.82 Å². The summed E-state index contributed by atoms with van der Waals surface area (Å²) in [6, 6.07) is 9.54. The number of carbonyl (C=O) groups is 2. The minimum absolute atomic E-state index is 0.0265. The number of rotatable bonds is 7. The van der Waals surface area contributed by atoms with Crippen molar-refractivity contribution in [1.82, 2.24) is 15.5 Å². The maximum absolute atomic E-state index is 12.1. The van der Waals surface area contributed by atoms with Gasteiger partial charge in [-0.25, -0.2) is 4.98 Å². The van der Waals surface area contributed by atoms with Gasteiger partial charge in [-0.15, -0.1) is 0 Å². The number of hydrogen-bond acceptors (Lipinski definition) is 6. The molecule has 0 atom stereocenters. The fourth-order valence-electron chi connectivity index (χ4n) is 2.60. The van der Waals surface area contributed by atoms with Crippen molar-refractivity contribution >= 4 is 17.6 Å². The maximum atomic E-state index is 12.1. The monoisotopic (exact) mass is 382 g/mol. The highest BCUT2D eigenvalue weighted by molar-refractivity contribution is 5.94. The molecule has 2 amide bonds. The third kappa shape index (κ3) is 4.85. The van der Waals surface area contributed by atoms with Crippen LogP contribution in [0, 0.1) is 13.8 Å². The van der Waals surface area contributed by atoms with Gasteiger partial charge in [0, 0.05) is 11.6 Å². The molecule has 2 aromatic heterocycles. The second kappa shape index (κ2) is 8.51. The van der Waals surface area contributed by atoms with E-state index in [0.717, 1.165) is 12.0 Å². The van der Waals surface area contributed by atoms with Crippen molar-refractivity contribution in [3.05, 3.63) is 53.1 Å². The Bertz CT molecular complexity index is 973. The highest BCUT2D eigenvalue weighted by Crippen LogP contribution is 2.22. The topological polar surface area (TPSA) is 110 Å². The zero-order chi connectivity index (χ0) is 20.1. The van der Waals surface area contributed by atoms with Gasteiger partial charge in [0.05, 0.1) is 18.7 Å². The number of amides is 2. The summed E-state index contributed by atoms with van der Waals surface area (Å²) in [5, 5.41) is 8.76. The molecule has 0 aliphatic heterocycles. The summed E-state index contributed by atoms with van der Waals surface area (Å²) in [5.74, 6) is 1.23. The summed E-state index contributed by atoms with van der Waals surface area (Å²) in [7, 11) is 0. The predicted molar refractivity (Wildman–Crippen MR) is 103 cm³/mol. The molecule has 3 aromatic rings. The second-order valence-corrected chi connectivity index (χ2v) is 6.40. The van der Waals surface area contributed by atoms with E-state index in [0.29, 0.717) is 28.9 Å². The van der Waals surface area contributed by atoms with Crippen molar-refractivity contribution in [3.8, 4) is 11.5 Å². The van der Waals surface area contributed by atoms with Crippen LogP contribution in [-0.4, -0.2) is 28.5 Å². The first-order valence-corrected chi connectivity index (χ1v) is 9.00. The van der Waals surface area contributed by atoms with Gasteiger partial charge in [0.25, 0.3) is 0 Å². The molecule has 0 unspecified atom stereocenters. The van der Waals surface area contributed by atoms with Crippen molar-refractivity contribution in [3.63, 3.8) is 0 Å². The number of oxazole rings is 1. The largest absolute Gasteiger partial charge is 0.441 e. The van der Waals surface area contributed by atoms with E-state index < -0.39 is 5.91 Å². The molecule has 0 saturated carbocycles. The van der Waals surface area contributed by atoms with Crippen molar-refractivity contribution in [1.29, 1.82) is 0 Å². The van der Waals surface area contributed by atoms with Gasteiger partial charge in [-0.2, -0.15) is 0 Å². The smallest absolute Gasteiger partial charge is 0.245 e. The van der Waals surface area contributed by atoms with Crippen LogP contribution in [-0.2, 0) is 22.4 Å². The lowest BCUT2D eigenvalue weighted by Crippen LogP contribution is -2.34. The Hall–Kier alpha value is -3.42. The fourth-order valence-corrected chi connectivity index (χ4v) is 2.60. The van der Waals surface area contributed by atoms with E-state index in [1.54, 1.807) is 19.9 Å². The number of nitrogens with zero attached hydrogens (tertiary/aromatic N) is 2. The Kier molecular flexibility index (Phi) is 5.88. The van der Waals surface area contributed by atoms with E-state index in [9.17, 15) is 9.59 Å². The molecule has 0 saturated heterocycles. The Labute approximate surface area is 162 Å². The molecule has 2 N–H and O–H groups in total. The van der Waals surface area contributed by atoms with Gasteiger partial charge < -0.3 is 19.6 Å². The van der Waals surface area contributed by atoms with Crippen LogP contribution >= 0.6 is 0 Å². The summed E-state index contributed by atoms with van der Waals surface area (Å²) < 4.78 is 10.6. The molecule has 146 valence electrons. The molecule has 1 aromatic carbocycles. The van der Waals surface area contributed by atoms with E-state index in [-0.39, 0.29) is 18.9 Å². The first kappa shape index (κ1) is 19.3. The minimum atomic E-state index is -0.393. The fraction of sp³-hybridized carbons (Fsp3) is 0.300. The number of aromatic nitrogens is 2. The SMILES string of the molecule is CCc1ccc(-c2nc(CC(=O)NCC(=O)Nc3cc(C)on3)c(C)o2)cc1. The average molecular weight is 382 g/mol. The first-order valence-electron chi connectivity index (χ1n) is 9.00. The molecule has 0 spiro atoms. The molecule has 2 heterocycles. The standard InChI is InChI=1S/C20H22N4O4/c1-4-14-5-7-15(8-6-14)20-22-16(13(3)27-20)10-18(25)21-11-19(26)23-17-9-12(2)28-24-17/h5-9H,4,10-11H2,1-3H3,(H,21,25)(H,23,24,26). The van der Waals surface area contributed by atoms with E-state index in [1.807, 2.05) is 24.3 Å². The van der Waals surface area contributed by atoms with E-state index in [1.165, 1.54) is 5.56 Å². The zero-order valence-electron chi connectivity index (χ0n) is 16.0. The summed E-state index contributed by atoms with van der Waals surface area (Å²) in [6.07, 6.45) is 0.985. The van der Waals surface area contributed by atoms with Crippen LogP contribution in [0.1, 0.15) is 29.7 Å². The predicted octanol–water partition coefficient (Wildman–Crippen LogP) is 2.81. The van der Waals surface area contributed by atoms with Crippen molar-refractivity contribution < 1.29 is 18.5 Å². The summed E-state index contributed by atoms with van der Waals surface area (Å²) in [5.41, 5.74) is 2.62. The number of benzene rings is 1. The molecule has 8 nitrogen and oxygen atoms in total. The van der Waals surface area contributed by atoms with Crippen LogP contribution in [0.5, 0.6) is 0 Å². The molecule has 28 heavy (non-hydrogen) atoms. The number of carbonyl (C=O) groups excluding carboxylic acids is 2. The number of anilines is 1. The molecule has 0 bridgehead atoms. The Morgan fingerprint density at radius 2 is 1.86 bits per heavy atom. The van der Waals surface area contributed by atoms with Gasteiger partial charge in [0.15, 0.2) is 5.82 Å². The van der Waals surface area contributed by atoms with Crippen LogP contribution in [0.15, 0.2) is 39.3 Å². The van der Waals surface area contributed by atoms with Gasteiger partial charge in [-0.3, -0.25) is 9.59 Å². The molecule has 8 heteroatoms. The quantitative estimate of drug-likeness (QED) is 0.650. The lowest BCUT2D eigenvalue weighted by atomic mass is 10.1. The molecule has 0 fully saturated rings. The normalized spacial score (nSPS) is 10.7. The van der Waals surface area contributed by atoms with E-state index >= 15 is 0 Å². The van der Waals surface area contributed by atoms with Gasteiger partial charge in [-0.05, 0) is 38.0 Å². The Morgan fingerprint density at radius 1 is 1.11 bits per heavy atom. The van der Waals surface area contributed by atoms with Crippen LogP contribution in [0.3, 0.4) is 0 Å². The van der Waals surface area contributed by atoms with Crippen LogP contribution < -0.4 is 10.6 Å². The van der Waals surface area contributed by atoms with Crippen LogP contribution in [0.2, 0.25) is 0 Å². The average Bonchev–Trinajstić information content (AvgIpc) is 3.25. The van der Waals surface area contributed by atoms with E-state index in [4.69, 9.17) is 8.94 Å². The lowest BCUT2D eigenvalue weighted by Gasteiger charge is -2.04. The summed E-state index contributed by atoms with van der Waals surface area (Å²) in [4.78, 5) is 28.4. The molecular weight excluding hydrogens is 360 g/mol. The first-order chi connectivity index (χ1) is 13.4. The Balaban J connectivity index is 1.55. The summed E-state index contributed by atoms with van der Waals surface area (Å²) in [6.45, 7) is 5.40. The molecule has 0 radical (unpaired) electrons. The summed E-state index contributed by atoms with van der Waals surface area (Å²) >= 11 is 0. The molecule has 3 rings (SSSR count). The highest BCUT2D eigenvalue weighted by Gasteiger charge is 2.15. The van der Waals surface area contributed by atoms with Crippen molar-refractivity contribution in [2.75, 3.05) is 11.9 Å². The molecule has 0 aliphatic carbocycles. The van der Waals surface area contributed by atoms with E-state index in [2.05, 4.69) is 27.7 Å². The third-order valence-corrected chi connectivity index (χ3v) is 4.17. The third-order valence-electron chi connectivity index (χ3n) is 4.17. The zero-order valence-corrected chi connectivity index (χ0v) is 16.0. The maximum Gasteiger partial charge on any atom is 0.245 e. The lowest BCUT2D eigenvalue weighted by molar-refractivity contribution is -0.123. The van der Waals surface area contributed by atoms with Crippen molar-refractivity contribution in [2.24, 2.45) is 0 Å². The van der Waals surface area contributed by atoms with Gasteiger partial charge in [0.2, 0.25) is 17.7 Å². The molecule has 0 aliphatic rings. The highest BCUT2D eigenvalue weighted by atomic mass is 16.5. The van der Waals surface area contributed by atoms with Crippen LogP contribution in [0.25, 0.3) is 11.5 Å². The number of aryl methyl sites for hydroxylation is 3. The van der Waals surface area contributed by atoms with Gasteiger partial charge in [0.1, 0.15) is 11.5 Å². The Morgan fingerprint density at radius 3 is 2.50 bits per heavy atom. The number of nitrogens with one attached hydrogen (secondary N) is 2. The van der Waals surface area contributed by atoms with Gasteiger partial charge >= 0.3 is 0 Å². The molecular formula is C20H22N4O4. The minimum Gasteiger partial charge on any atom is -0.441 e. The van der Waals surface area contributed by atoms with Gasteiger partial charge in [-0.1, -0.05) is 24.2 Å². The number of hydrogen-bond donors (Lipinski definition) is 2. The second-order valence-electron chi connectivity index (χ2n) is 6.40.